The van der Waals surface area contributed by atoms with Crippen LogP contribution in [0.4, 0.5) is 10.5 Å². The summed E-state index contributed by atoms with van der Waals surface area (Å²) >= 11 is 0. The molecule has 0 saturated carbocycles. The molecule has 1 N–H and O–H groups in total. The van der Waals surface area contributed by atoms with Crippen LogP contribution in [0.1, 0.15) is 44.5 Å². The van der Waals surface area contributed by atoms with Gasteiger partial charge in [0.2, 0.25) is 0 Å². The largest absolute Gasteiger partial charge is 0.465 e. The molecule has 0 radical (unpaired) electrons. The smallest absolute Gasteiger partial charge is 0.340 e. The summed E-state index contributed by atoms with van der Waals surface area (Å²) in [5.74, 6) is -1.06. The molecule has 9 nitrogen and oxygen atoms in total. The van der Waals surface area contributed by atoms with Crippen LogP contribution in [0.15, 0.2) is 42.6 Å². The molecule has 3 amide bonds. The number of Topliss-reactive ketones (excluding diaryl/α,β-unsaturated/α-hetero) is 1. The number of pyridine rings is 1. The molecule has 2 aromatic rings. The number of hydrazine groups is 1. The minimum Gasteiger partial charge on any atom is -0.465 e. The summed E-state index contributed by atoms with van der Waals surface area (Å²) in [5, 5.41) is 5.35. The van der Waals surface area contributed by atoms with Crippen molar-refractivity contribution in [3.63, 3.8) is 0 Å². The van der Waals surface area contributed by atoms with Crippen molar-refractivity contribution < 1.29 is 23.9 Å². The van der Waals surface area contributed by atoms with Gasteiger partial charge in [-0.2, -0.15) is 0 Å². The van der Waals surface area contributed by atoms with Gasteiger partial charge in [0.25, 0.3) is 5.91 Å². The van der Waals surface area contributed by atoms with E-state index in [1.54, 1.807) is 24.3 Å². The summed E-state index contributed by atoms with van der Waals surface area (Å²) in [6, 6.07) is 8.91. The average Bonchev–Trinajstić information content (AvgIpc) is 3.23. The number of rotatable bonds is 4. The monoisotopic (exact) mass is 396 g/mol. The second-order valence-corrected chi connectivity index (χ2v) is 6.39. The van der Waals surface area contributed by atoms with E-state index in [2.05, 4.69) is 15.0 Å². The first kappa shape index (κ1) is 20.0. The second kappa shape index (κ2) is 8.51. The predicted molar refractivity (Wildman–Crippen MR) is 103 cm³/mol. The van der Waals surface area contributed by atoms with Gasteiger partial charge in [0, 0.05) is 30.5 Å². The lowest BCUT2D eigenvalue weighted by Gasteiger charge is -2.27. The molecule has 3 rings (SSSR count). The third-order valence-corrected chi connectivity index (χ3v) is 4.45. The molecule has 1 aliphatic rings. The molecule has 0 bridgehead atoms. The zero-order valence-electron chi connectivity index (χ0n) is 16.0. The van der Waals surface area contributed by atoms with Crippen LogP contribution in [-0.4, -0.2) is 58.9 Å². The van der Waals surface area contributed by atoms with Gasteiger partial charge in [0.1, 0.15) is 5.69 Å². The molecule has 29 heavy (non-hydrogen) atoms. The maximum Gasteiger partial charge on any atom is 0.340 e. The third kappa shape index (κ3) is 4.40. The Balaban J connectivity index is 1.69. The number of aromatic nitrogens is 1. The standard InChI is InChI=1S/C20H20N4O5/c1-13(25)14-4-7-16(8-5-14)22-20(28)24-11-3-10-23(24)18(26)17-9-6-15(12-21-17)19(27)29-2/h4-9,12H,3,10-11H2,1-2H3,(H,22,28). The van der Waals surface area contributed by atoms with E-state index in [0.29, 0.717) is 30.8 Å². The van der Waals surface area contributed by atoms with Crippen molar-refractivity contribution in [3.05, 3.63) is 59.4 Å². The summed E-state index contributed by atoms with van der Waals surface area (Å²) in [7, 11) is 1.26. The van der Waals surface area contributed by atoms with Crippen LogP contribution < -0.4 is 5.32 Å². The van der Waals surface area contributed by atoms with Gasteiger partial charge >= 0.3 is 12.0 Å². The van der Waals surface area contributed by atoms with Gasteiger partial charge in [0.05, 0.1) is 12.7 Å². The van der Waals surface area contributed by atoms with Crippen LogP contribution in [-0.2, 0) is 4.74 Å². The first-order valence-corrected chi connectivity index (χ1v) is 8.96. The summed E-state index contributed by atoms with van der Waals surface area (Å²) in [5.41, 5.74) is 1.40. The predicted octanol–water partition coefficient (Wildman–Crippen LogP) is 2.37. The molecule has 1 saturated heterocycles. The molecular weight excluding hydrogens is 376 g/mol. The van der Waals surface area contributed by atoms with E-state index in [1.165, 1.54) is 42.4 Å². The number of methoxy groups -OCH3 is 1. The van der Waals surface area contributed by atoms with E-state index >= 15 is 0 Å². The Morgan fingerprint density at radius 1 is 0.966 bits per heavy atom. The van der Waals surface area contributed by atoms with E-state index in [-0.39, 0.29) is 17.0 Å². The highest BCUT2D eigenvalue weighted by Gasteiger charge is 2.32. The molecule has 0 aliphatic carbocycles. The van der Waals surface area contributed by atoms with Crippen LogP contribution in [0.3, 0.4) is 0 Å². The Kier molecular flexibility index (Phi) is 5.87. The number of ether oxygens (including phenoxy) is 1. The molecule has 1 aromatic carbocycles. The van der Waals surface area contributed by atoms with Crippen molar-refractivity contribution in [2.45, 2.75) is 13.3 Å². The minimum atomic E-state index is -0.547. The number of nitrogens with one attached hydrogen (secondary N) is 1. The first-order valence-electron chi connectivity index (χ1n) is 8.96. The van der Waals surface area contributed by atoms with E-state index < -0.39 is 17.9 Å². The molecule has 9 heteroatoms. The Bertz CT molecular complexity index is 940. The molecule has 2 heterocycles. The van der Waals surface area contributed by atoms with Crippen molar-refractivity contribution >= 4 is 29.4 Å². The van der Waals surface area contributed by atoms with Gasteiger partial charge in [-0.15, -0.1) is 0 Å². The topological polar surface area (TPSA) is 109 Å². The highest BCUT2D eigenvalue weighted by Crippen LogP contribution is 2.17. The van der Waals surface area contributed by atoms with E-state index in [0.717, 1.165) is 0 Å². The SMILES string of the molecule is COC(=O)c1ccc(C(=O)N2CCCN2C(=O)Nc2ccc(C(C)=O)cc2)nc1. The maximum atomic E-state index is 12.8. The fourth-order valence-electron chi connectivity index (χ4n) is 2.90. The minimum absolute atomic E-state index is 0.0649. The number of amides is 3. The van der Waals surface area contributed by atoms with Crippen molar-refractivity contribution in [1.29, 1.82) is 0 Å². The quantitative estimate of drug-likeness (QED) is 0.628. The molecule has 1 aliphatic heterocycles. The van der Waals surface area contributed by atoms with Crippen LogP contribution in [0.5, 0.6) is 0 Å². The van der Waals surface area contributed by atoms with Gasteiger partial charge in [-0.25, -0.2) is 19.6 Å². The fourth-order valence-corrected chi connectivity index (χ4v) is 2.90. The van der Waals surface area contributed by atoms with Gasteiger partial charge < -0.3 is 10.1 Å². The summed E-state index contributed by atoms with van der Waals surface area (Å²) in [4.78, 5) is 52.3. The normalized spacial score (nSPS) is 13.2. The summed E-state index contributed by atoms with van der Waals surface area (Å²) in [6.07, 6.45) is 1.89. The number of anilines is 1. The number of hydrogen-bond donors (Lipinski definition) is 1. The van der Waals surface area contributed by atoms with Gasteiger partial charge in [0.15, 0.2) is 5.78 Å². The number of carbonyl (C=O) groups is 4. The molecule has 150 valence electrons. The molecule has 0 spiro atoms. The Labute approximate surface area is 167 Å². The number of esters is 1. The van der Waals surface area contributed by atoms with Crippen LogP contribution in [0, 0.1) is 0 Å². The van der Waals surface area contributed by atoms with E-state index in [1.807, 2.05) is 0 Å². The van der Waals surface area contributed by atoms with Crippen molar-refractivity contribution in [3.8, 4) is 0 Å². The molecule has 0 unspecified atom stereocenters. The number of nitrogens with zero attached hydrogens (tertiary/aromatic N) is 3. The highest BCUT2D eigenvalue weighted by atomic mass is 16.5. The lowest BCUT2D eigenvalue weighted by atomic mass is 10.1. The number of carbonyl (C=O) groups excluding carboxylic acids is 4. The Morgan fingerprint density at radius 3 is 2.21 bits per heavy atom. The molecule has 0 atom stereocenters. The molecular formula is C20H20N4O5. The van der Waals surface area contributed by atoms with Crippen molar-refractivity contribution in [1.82, 2.24) is 15.0 Å². The molecule has 1 fully saturated rings. The number of benzene rings is 1. The van der Waals surface area contributed by atoms with Gasteiger partial charge in [-0.3, -0.25) is 14.6 Å². The van der Waals surface area contributed by atoms with Crippen LogP contribution >= 0.6 is 0 Å². The van der Waals surface area contributed by atoms with Crippen LogP contribution in [0.25, 0.3) is 0 Å². The zero-order valence-corrected chi connectivity index (χ0v) is 16.0. The van der Waals surface area contributed by atoms with Gasteiger partial charge in [-0.1, -0.05) is 0 Å². The van der Waals surface area contributed by atoms with Crippen molar-refractivity contribution in [2.24, 2.45) is 0 Å². The van der Waals surface area contributed by atoms with Crippen LogP contribution in [0.2, 0.25) is 0 Å². The van der Waals surface area contributed by atoms with Gasteiger partial charge in [-0.05, 0) is 49.7 Å². The summed E-state index contributed by atoms with van der Waals surface area (Å²) in [6.45, 7) is 2.21. The number of hydrogen-bond acceptors (Lipinski definition) is 6. The summed E-state index contributed by atoms with van der Waals surface area (Å²) < 4.78 is 4.61. The second-order valence-electron chi connectivity index (χ2n) is 6.39. The van der Waals surface area contributed by atoms with E-state index in [4.69, 9.17) is 0 Å². The average molecular weight is 396 g/mol. The fraction of sp³-hybridized carbons (Fsp3) is 0.250. The number of ketones is 1. The number of urea groups is 1. The lowest BCUT2D eigenvalue weighted by Crippen LogP contribution is -2.47. The van der Waals surface area contributed by atoms with E-state index in [9.17, 15) is 19.2 Å². The first-order chi connectivity index (χ1) is 13.9. The Hall–Kier alpha value is -3.75. The highest BCUT2D eigenvalue weighted by molar-refractivity contribution is 5.98. The zero-order chi connectivity index (χ0) is 21.0. The third-order valence-electron chi connectivity index (χ3n) is 4.45. The molecule has 1 aromatic heterocycles. The Morgan fingerprint density at radius 2 is 1.62 bits per heavy atom. The lowest BCUT2D eigenvalue weighted by molar-refractivity contribution is 0.0398. The van der Waals surface area contributed by atoms with Crippen molar-refractivity contribution in [2.75, 3.05) is 25.5 Å². The maximum absolute atomic E-state index is 12.8.